The summed E-state index contributed by atoms with van der Waals surface area (Å²) in [6.07, 6.45) is 0. The van der Waals surface area contributed by atoms with Crippen LogP contribution in [0.1, 0.15) is 5.56 Å². The second-order valence-corrected chi connectivity index (χ2v) is 3.61. The second-order valence-electron chi connectivity index (χ2n) is 3.61. The molecule has 2 N–H and O–H groups in total. The number of nitrogens with one attached hydrogen (secondary N) is 1. The van der Waals surface area contributed by atoms with Gasteiger partial charge in [0.2, 0.25) is 0 Å². The van der Waals surface area contributed by atoms with Crippen LogP contribution >= 0.6 is 0 Å². The van der Waals surface area contributed by atoms with Crippen molar-refractivity contribution in [2.24, 2.45) is 0 Å². The lowest BCUT2D eigenvalue weighted by atomic mass is 10.1. The Morgan fingerprint density at radius 1 is 1.61 bits per heavy atom. The number of aliphatic hydroxyl groups is 1. The van der Waals surface area contributed by atoms with Gasteiger partial charge in [-0.15, -0.1) is 0 Å². The summed E-state index contributed by atoms with van der Waals surface area (Å²) in [6, 6.07) is 3.51. The van der Waals surface area contributed by atoms with Crippen LogP contribution in [-0.2, 0) is 9.53 Å². The van der Waals surface area contributed by atoms with Crippen LogP contribution in [0.15, 0.2) is 18.2 Å². The van der Waals surface area contributed by atoms with E-state index < -0.39 is 23.5 Å². The molecule has 0 aliphatic rings. The van der Waals surface area contributed by atoms with E-state index in [1.54, 1.807) is 13.0 Å². The van der Waals surface area contributed by atoms with Crippen LogP contribution in [-0.4, -0.2) is 35.8 Å². The molecule has 0 radical (unpaired) electrons. The summed E-state index contributed by atoms with van der Waals surface area (Å²) in [4.78, 5) is 21.5. The minimum absolute atomic E-state index is 0.0541. The smallest absolute Gasteiger partial charge is 0.330 e. The van der Waals surface area contributed by atoms with Crippen molar-refractivity contribution in [2.45, 2.75) is 13.0 Å². The van der Waals surface area contributed by atoms with Crippen molar-refractivity contribution in [2.75, 3.05) is 19.0 Å². The highest BCUT2D eigenvalue weighted by Gasteiger charge is 2.20. The molecule has 0 aromatic heterocycles. The molecule has 0 heterocycles. The molecule has 98 valence electrons. The molecule has 0 saturated carbocycles. The number of nitro groups is 1. The van der Waals surface area contributed by atoms with Crippen molar-refractivity contribution in [3.05, 3.63) is 33.9 Å². The van der Waals surface area contributed by atoms with Crippen molar-refractivity contribution in [3.8, 4) is 0 Å². The van der Waals surface area contributed by atoms with E-state index >= 15 is 0 Å². The number of benzene rings is 1. The molecule has 0 bridgehead atoms. The average molecular weight is 254 g/mol. The number of methoxy groups -OCH3 is 1. The third-order valence-corrected chi connectivity index (χ3v) is 2.50. The van der Waals surface area contributed by atoms with E-state index in [0.717, 1.165) is 0 Å². The fourth-order valence-corrected chi connectivity index (χ4v) is 1.49. The number of nitrogens with zero attached hydrogens (tertiary/aromatic N) is 1. The molecule has 0 aliphatic carbocycles. The molecule has 18 heavy (non-hydrogen) atoms. The van der Waals surface area contributed by atoms with Gasteiger partial charge in [0.15, 0.2) is 0 Å². The number of carbonyl (C=O) groups is 1. The number of hydrogen-bond donors (Lipinski definition) is 2. The van der Waals surface area contributed by atoms with Crippen LogP contribution in [0.5, 0.6) is 0 Å². The Morgan fingerprint density at radius 3 is 2.78 bits per heavy atom. The van der Waals surface area contributed by atoms with Gasteiger partial charge in [-0.1, -0.05) is 6.07 Å². The Bertz CT molecular complexity index is 461. The Labute approximate surface area is 104 Å². The molecule has 1 rings (SSSR count). The molecular weight excluding hydrogens is 240 g/mol. The lowest BCUT2D eigenvalue weighted by Gasteiger charge is -2.16. The lowest BCUT2D eigenvalue weighted by Crippen LogP contribution is -2.34. The summed E-state index contributed by atoms with van der Waals surface area (Å²) in [5.41, 5.74) is 0.750. The Kier molecular flexibility index (Phi) is 4.61. The van der Waals surface area contributed by atoms with Gasteiger partial charge in [-0.3, -0.25) is 10.1 Å². The highest BCUT2D eigenvalue weighted by Crippen LogP contribution is 2.25. The lowest BCUT2D eigenvalue weighted by molar-refractivity contribution is -0.385. The first kappa shape index (κ1) is 13.9. The first-order valence-corrected chi connectivity index (χ1v) is 5.20. The number of ether oxygens (including phenoxy) is 1. The van der Waals surface area contributed by atoms with Crippen LogP contribution in [0.2, 0.25) is 0 Å². The SMILES string of the molecule is COC(=O)C(CO)Nc1cccc([N+](=O)[O-])c1C. The predicted octanol–water partition coefficient (Wildman–Crippen LogP) is 0.849. The molecular formula is C11H14N2O5. The van der Waals surface area contributed by atoms with E-state index in [1.165, 1.54) is 19.2 Å². The van der Waals surface area contributed by atoms with Crippen LogP contribution < -0.4 is 5.32 Å². The van der Waals surface area contributed by atoms with Gasteiger partial charge in [0.1, 0.15) is 6.04 Å². The quantitative estimate of drug-likeness (QED) is 0.459. The number of anilines is 1. The van der Waals surface area contributed by atoms with Gasteiger partial charge in [-0.2, -0.15) is 0 Å². The normalized spacial score (nSPS) is 11.7. The number of hydrogen-bond acceptors (Lipinski definition) is 6. The topological polar surface area (TPSA) is 102 Å². The monoisotopic (exact) mass is 254 g/mol. The zero-order chi connectivity index (χ0) is 13.7. The van der Waals surface area contributed by atoms with E-state index in [-0.39, 0.29) is 5.69 Å². The molecule has 0 fully saturated rings. The predicted molar refractivity (Wildman–Crippen MR) is 64.3 cm³/mol. The molecule has 1 atom stereocenters. The minimum atomic E-state index is -0.948. The zero-order valence-corrected chi connectivity index (χ0v) is 10.0. The van der Waals surface area contributed by atoms with Gasteiger partial charge in [-0.25, -0.2) is 4.79 Å². The molecule has 1 aromatic carbocycles. The number of esters is 1. The summed E-state index contributed by atoms with van der Waals surface area (Å²) in [5, 5.41) is 22.5. The third kappa shape index (κ3) is 2.95. The summed E-state index contributed by atoms with van der Waals surface area (Å²) in [7, 11) is 1.20. The van der Waals surface area contributed by atoms with Gasteiger partial charge in [0.25, 0.3) is 5.69 Å². The fourth-order valence-electron chi connectivity index (χ4n) is 1.49. The van der Waals surface area contributed by atoms with Crippen molar-refractivity contribution < 1.29 is 19.6 Å². The Hall–Kier alpha value is -2.15. The van der Waals surface area contributed by atoms with Gasteiger partial charge < -0.3 is 15.2 Å². The van der Waals surface area contributed by atoms with Crippen LogP contribution in [0.25, 0.3) is 0 Å². The Balaban J connectivity index is 3.00. The highest BCUT2D eigenvalue weighted by molar-refractivity contribution is 5.80. The van der Waals surface area contributed by atoms with Crippen molar-refractivity contribution in [3.63, 3.8) is 0 Å². The fraction of sp³-hybridized carbons (Fsp3) is 0.364. The zero-order valence-electron chi connectivity index (χ0n) is 10.0. The van der Waals surface area contributed by atoms with Crippen LogP contribution in [0.4, 0.5) is 11.4 Å². The number of carbonyl (C=O) groups excluding carboxylic acids is 1. The summed E-state index contributed by atoms with van der Waals surface area (Å²) in [5.74, 6) is -0.636. The number of aliphatic hydroxyl groups excluding tert-OH is 1. The maximum absolute atomic E-state index is 11.3. The maximum Gasteiger partial charge on any atom is 0.330 e. The maximum atomic E-state index is 11.3. The summed E-state index contributed by atoms with van der Waals surface area (Å²) in [6.45, 7) is 1.10. The first-order valence-electron chi connectivity index (χ1n) is 5.20. The molecule has 7 nitrogen and oxygen atoms in total. The summed E-state index contributed by atoms with van der Waals surface area (Å²) >= 11 is 0. The third-order valence-electron chi connectivity index (χ3n) is 2.50. The standard InChI is InChI=1S/C11H14N2O5/c1-7-8(4-3-5-10(7)13(16)17)12-9(6-14)11(15)18-2/h3-5,9,12,14H,6H2,1-2H3. The molecule has 0 amide bonds. The van der Waals surface area contributed by atoms with Crippen molar-refractivity contribution in [1.29, 1.82) is 0 Å². The largest absolute Gasteiger partial charge is 0.467 e. The van der Waals surface area contributed by atoms with Crippen molar-refractivity contribution in [1.82, 2.24) is 0 Å². The van der Waals surface area contributed by atoms with Crippen LogP contribution in [0.3, 0.4) is 0 Å². The van der Waals surface area contributed by atoms with E-state index in [9.17, 15) is 14.9 Å². The van der Waals surface area contributed by atoms with E-state index in [4.69, 9.17) is 5.11 Å². The molecule has 1 aromatic rings. The minimum Gasteiger partial charge on any atom is -0.467 e. The van der Waals surface area contributed by atoms with Crippen LogP contribution in [0, 0.1) is 17.0 Å². The van der Waals surface area contributed by atoms with E-state index in [2.05, 4.69) is 10.1 Å². The summed E-state index contributed by atoms with van der Waals surface area (Å²) < 4.78 is 4.50. The number of rotatable bonds is 5. The first-order chi connectivity index (χ1) is 8.51. The van der Waals surface area contributed by atoms with E-state index in [0.29, 0.717) is 11.3 Å². The van der Waals surface area contributed by atoms with E-state index in [1.807, 2.05) is 0 Å². The average Bonchev–Trinajstić information content (AvgIpc) is 2.36. The molecule has 7 heteroatoms. The second kappa shape index (κ2) is 5.97. The molecule has 0 saturated heterocycles. The van der Waals surface area contributed by atoms with Gasteiger partial charge in [0, 0.05) is 17.3 Å². The van der Waals surface area contributed by atoms with Gasteiger partial charge in [0.05, 0.1) is 18.6 Å². The van der Waals surface area contributed by atoms with Crippen molar-refractivity contribution >= 4 is 17.3 Å². The molecule has 1 unspecified atom stereocenters. The molecule has 0 aliphatic heterocycles. The number of nitro benzene ring substituents is 1. The van der Waals surface area contributed by atoms with Gasteiger partial charge >= 0.3 is 5.97 Å². The molecule has 0 spiro atoms. The Morgan fingerprint density at radius 2 is 2.28 bits per heavy atom. The van der Waals surface area contributed by atoms with Gasteiger partial charge in [-0.05, 0) is 13.0 Å². The highest BCUT2D eigenvalue weighted by atomic mass is 16.6.